The molecule has 1 aromatic heterocycles. The molecule has 0 atom stereocenters. The minimum atomic E-state index is -0.466. The van der Waals surface area contributed by atoms with E-state index in [1.54, 1.807) is 6.07 Å². The van der Waals surface area contributed by atoms with E-state index < -0.39 is 5.91 Å². The molecule has 2 N–H and O–H groups in total. The van der Waals surface area contributed by atoms with Crippen molar-refractivity contribution in [2.45, 2.75) is 19.5 Å². The first-order chi connectivity index (χ1) is 9.24. The van der Waals surface area contributed by atoms with Gasteiger partial charge in [0.2, 0.25) is 0 Å². The third-order valence-corrected chi connectivity index (χ3v) is 3.39. The minimum absolute atomic E-state index is 0.352. The summed E-state index contributed by atoms with van der Waals surface area (Å²) in [7, 11) is 0. The van der Waals surface area contributed by atoms with Crippen molar-refractivity contribution in [3.63, 3.8) is 0 Å². The van der Waals surface area contributed by atoms with E-state index in [1.807, 2.05) is 22.9 Å². The van der Waals surface area contributed by atoms with Crippen LogP contribution in [0.15, 0.2) is 36.4 Å². The van der Waals surface area contributed by atoms with Gasteiger partial charge in [-0.15, -0.1) is 0 Å². The van der Waals surface area contributed by atoms with Gasteiger partial charge in [-0.2, -0.15) is 5.10 Å². The number of nitrogens with zero attached hydrogens (tertiary/aromatic N) is 3. The molecule has 3 rings (SSSR count). The summed E-state index contributed by atoms with van der Waals surface area (Å²) in [5.41, 5.74) is 7.86. The molecule has 5 nitrogen and oxygen atoms in total. The summed E-state index contributed by atoms with van der Waals surface area (Å²) < 4.78 is 1.89. The lowest BCUT2D eigenvalue weighted by molar-refractivity contribution is 0.0994. The standard InChI is InChI=1S/C14H16N4O/c15-14(19)13-9-12-10-17(7-4-8-18(12)16-13)11-5-2-1-3-6-11/h1-3,5-6,9H,4,7-8,10H2,(H2,15,19). The molecule has 1 amide bonds. The van der Waals surface area contributed by atoms with Crippen molar-refractivity contribution < 1.29 is 4.79 Å². The molecule has 1 aliphatic rings. The molecule has 19 heavy (non-hydrogen) atoms. The Morgan fingerprint density at radius 2 is 2.00 bits per heavy atom. The van der Waals surface area contributed by atoms with Crippen molar-refractivity contribution in [1.29, 1.82) is 0 Å². The van der Waals surface area contributed by atoms with Crippen LogP contribution in [0.3, 0.4) is 0 Å². The third-order valence-electron chi connectivity index (χ3n) is 3.39. The summed E-state index contributed by atoms with van der Waals surface area (Å²) in [5, 5.41) is 4.25. The summed E-state index contributed by atoms with van der Waals surface area (Å²) in [6, 6.07) is 12.1. The van der Waals surface area contributed by atoms with Gasteiger partial charge in [0.05, 0.1) is 12.2 Å². The number of para-hydroxylation sites is 1. The second-order valence-corrected chi connectivity index (χ2v) is 4.72. The van der Waals surface area contributed by atoms with E-state index in [0.29, 0.717) is 5.69 Å². The summed E-state index contributed by atoms with van der Waals surface area (Å²) in [4.78, 5) is 13.5. The van der Waals surface area contributed by atoms with Crippen LogP contribution in [0.5, 0.6) is 0 Å². The highest BCUT2D eigenvalue weighted by atomic mass is 16.1. The normalized spacial score (nSPS) is 14.8. The van der Waals surface area contributed by atoms with Gasteiger partial charge in [0.15, 0.2) is 0 Å². The number of benzene rings is 1. The van der Waals surface area contributed by atoms with E-state index in [-0.39, 0.29) is 0 Å². The first-order valence-electron chi connectivity index (χ1n) is 6.40. The predicted molar refractivity (Wildman–Crippen MR) is 72.9 cm³/mol. The number of amides is 1. The average Bonchev–Trinajstić information content (AvgIpc) is 2.72. The molecule has 0 aliphatic carbocycles. The Hall–Kier alpha value is -2.30. The molecule has 1 aliphatic heterocycles. The molecule has 5 heteroatoms. The van der Waals surface area contributed by atoms with Gasteiger partial charge in [-0.1, -0.05) is 18.2 Å². The lowest BCUT2D eigenvalue weighted by Gasteiger charge is -2.22. The second-order valence-electron chi connectivity index (χ2n) is 4.72. The smallest absolute Gasteiger partial charge is 0.269 e. The first-order valence-corrected chi connectivity index (χ1v) is 6.40. The summed E-state index contributed by atoms with van der Waals surface area (Å²) >= 11 is 0. The number of hydrogen-bond acceptors (Lipinski definition) is 3. The van der Waals surface area contributed by atoms with Crippen LogP contribution in [-0.4, -0.2) is 22.2 Å². The number of rotatable bonds is 2. The van der Waals surface area contributed by atoms with Gasteiger partial charge in [-0.05, 0) is 24.6 Å². The van der Waals surface area contributed by atoms with Gasteiger partial charge in [0.1, 0.15) is 5.69 Å². The summed E-state index contributed by atoms with van der Waals surface area (Å²) in [6.45, 7) is 2.56. The molecule has 2 heterocycles. The molecule has 0 saturated carbocycles. The summed E-state index contributed by atoms with van der Waals surface area (Å²) in [5.74, 6) is -0.466. The van der Waals surface area contributed by atoms with Crippen molar-refractivity contribution in [3.8, 4) is 0 Å². The van der Waals surface area contributed by atoms with Crippen LogP contribution in [-0.2, 0) is 13.1 Å². The maximum absolute atomic E-state index is 11.2. The number of carbonyl (C=O) groups is 1. The number of primary amides is 1. The van der Waals surface area contributed by atoms with Crippen molar-refractivity contribution >= 4 is 11.6 Å². The molecular weight excluding hydrogens is 240 g/mol. The first kappa shape index (κ1) is 11.8. The predicted octanol–water partition coefficient (Wildman–Crippen LogP) is 1.39. The van der Waals surface area contributed by atoms with Gasteiger partial charge in [-0.25, -0.2) is 0 Å². The van der Waals surface area contributed by atoms with Crippen molar-refractivity contribution in [2.24, 2.45) is 5.73 Å². The maximum Gasteiger partial charge on any atom is 0.269 e. The Morgan fingerprint density at radius 1 is 1.21 bits per heavy atom. The Kier molecular flexibility index (Phi) is 2.95. The van der Waals surface area contributed by atoms with Crippen LogP contribution in [0, 0.1) is 0 Å². The zero-order valence-corrected chi connectivity index (χ0v) is 10.6. The average molecular weight is 256 g/mol. The molecule has 0 saturated heterocycles. The van der Waals surface area contributed by atoms with Gasteiger partial charge in [0.25, 0.3) is 5.91 Å². The van der Waals surface area contributed by atoms with E-state index in [0.717, 1.165) is 31.7 Å². The SMILES string of the molecule is NC(=O)c1cc2n(n1)CCCN(c1ccccc1)C2. The quantitative estimate of drug-likeness (QED) is 0.883. The van der Waals surface area contributed by atoms with E-state index in [2.05, 4.69) is 22.1 Å². The monoisotopic (exact) mass is 256 g/mol. The zero-order chi connectivity index (χ0) is 13.2. The molecule has 2 aromatic rings. The number of nitrogens with two attached hydrogens (primary N) is 1. The Morgan fingerprint density at radius 3 is 2.74 bits per heavy atom. The summed E-state index contributed by atoms with van der Waals surface area (Å²) in [6.07, 6.45) is 1.00. The zero-order valence-electron chi connectivity index (χ0n) is 10.6. The fraction of sp³-hybridized carbons (Fsp3) is 0.286. The van der Waals surface area contributed by atoms with Crippen LogP contribution in [0.1, 0.15) is 22.6 Å². The van der Waals surface area contributed by atoms with Gasteiger partial charge in [-0.3, -0.25) is 9.48 Å². The number of aryl methyl sites for hydroxylation is 1. The molecule has 0 unspecified atom stereocenters. The lowest BCUT2D eigenvalue weighted by Crippen LogP contribution is -2.22. The van der Waals surface area contributed by atoms with Crippen molar-refractivity contribution in [1.82, 2.24) is 9.78 Å². The maximum atomic E-state index is 11.2. The van der Waals surface area contributed by atoms with E-state index in [9.17, 15) is 4.79 Å². The number of carbonyl (C=O) groups excluding carboxylic acids is 1. The molecular formula is C14H16N4O. The van der Waals surface area contributed by atoms with Crippen LogP contribution in [0.4, 0.5) is 5.69 Å². The van der Waals surface area contributed by atoms with Gasteiger partial charge in [0, 0.05) is 18.8 Å². The number of fused-ring (bicyclic) bond motifs is 1. The fourth-order valence-electron chi connectivity index (χ4n) is 2.44. The highest BCUT2D eigenvalue weighted by Crippen LogP contribution is 2.20. The third kappa shape index (κ3) is 2.31. The van der Waals surface area contributed by atoms with Crippen LogP contribution in [0.25, 0.3) is 0 Å². The largest absolute Gasteiger partial charge is 0.366 e. The lowest BCUT2D eigenvalue weighted by atomic mass is 10.2. The Bertz CT molecular complexity index is 591. The van der Waals surface area contributed by atoms with E-state index >= 15 is 0 Å². The Labute approximate surface area is 111 Å². The molecule has 0 fully saturated rings. The Balaban J connectivity index is 1.90. The fourth-order valence-corrected chi connectivity index (χ4v) is 2.44. The van der Waals surface area contributed by atoms with Crippen LogP contribution < -0.4 is 10.6 Å². The number of hydrogen-bond donors (Lipinski definition) is 1. The van der Waals surface area contributed by atoms with E-state index in [1.165, 1.54) is 5.69 Å². The van der Waals surface area contributed by atoms with Gasteiger partial charge >= 0.3 is 0 Å². The van der Waals surface area contributed by atoms with Crippen molar-refractivity contribution in [2.75, 3.05) is 11.4 Å². The van der Waals surface area contributed by atoms with Crippen LogP contribution >= 0.6 is 0 Å². The topological polar surface area (TPSA) is 64.2 Å². The molecule has 0 bridgehead atoms. The van der Waals surface area contributed by atoms with Crippen LogP contribution in [0.2, 0.25) is 0 Å². The molecule has 98 valence electrons. The molecule has 0 spiro atoms. The van der Waals surface area contributed by atoms with Gasteiger partial charge < -0.3 is 10.6 Å². The van der Waals surface area contributed by atoms with Crippen molar-refractivity contribution in [3.05, 3.63) is 47.8 Å². The highest BCUT2D eigenvalue weighted by molar-refractivity contribution is 5.90. The van der Waals surface area contributed by atoms with E-state index in [4.69, 9.17) is 5.73 Å². The number of aromatic nitrogens is 2. The molecule has 0 radical (unpaired) electrons. The molecule has 1 aromatic carbocycles. The second kappa shape index (κ2) is 4.76. The minimum Gasteiger partial charge on any atom is -0.366 e. The number of anilines is 1. The highest BCUT2D eigenvalue weighted by Gasteiger charge is 2.18.